The van der Waals surface area contributed by atoms with E-state index < -0.39 is 35.1 Å². The van der Waals surface area contributed by atoms with Crippen molar-refractivity contribution in [3.63, 3.8) is 0 Å². The molecule has 3 N–H and O–H groups in total. The Bertz CT molecular complexity index is 1140. The van der Waals surface area contributed by atoms with Crippen molar-refractivity contribution in [3.8, 4) is 5.75 Å². The van der Waals surface area contributed by atoms with Crippen LogP contribution >= 0.6 is 15.9 Å². The van der Waals surface area contributed by atoms with Gasteiger partial charge in [-0.15, -0.1) is 0 Å². The number of amides is 3. The lowest BCUT2D eigenvalue weighted by Crippen LogP contribution is -2.59. The van der Waals surface area contributed by atoms with Crippen molar-refractivity contribution in [2.24, 2.45) is 17.3 Å². The summed E-state index contributed by atoms with van der Waals surface area (Å²) in [4.78, 5) is 43.7. The van der Waals surface area contributed by atoms with Crippen LogP contribution in [0, 0.1) is 17.3 Å². The van der Waals surface area contributed by atoms with E-state index in [1.165, 1.54) is 0 Å². The summed E-state index contributed by atoms with van der Waals surface area (Å²) in [6.45, 7) is 13.4. The number of carbonyl (C=O) groups excluding carboxylic acids is 3. The van der Waals surface area contributed by atoms with Crippen molar-refractivity contribution in [1.29, 1.82) is 0 Å². The number of nitrogens with one attached hydrogen (secondary N) is 2. The molecular formula is C32H48BrN3O6. The Labute approximate surface area is 258 Å². The number of fused-ring (bicyclic) bond motifs is 1. The fraction of sp³-hybridized carbons (Fsp3) is 0.719. The van der Waals surface area contributed by atoms with Gasteiger partial charge in [0.1, 0.15) is 17.4 Å². The Kier molecular flexibility index (Phi) is 10.00. The molecule has 2 bridgehead atoms. The van der Waals surface area contributed by atoms with Crippen molar-refractivity contribution in [3.05, 3.63) is 24.3 Å². The molecule has 1 aromatic carbocycles. The number of unbranched alkanes of at least 4 members (excludes halogenated alkanes) is 3. The predicted molar refractivity (Wildman–Crippen MR) is 166 cm³/mol. The first-order valence-corrected chi connectivity index (χ1v) is 16.2. The zero-order valence-corrected chi connectivity index (χ0v) is 27.5. The second kappa shape index (κ2) is 12.8. The predicted octanol–water partition coefficient (Wildman–Crippen LogP) is 4.66. The molecule has 42 heavy (non-hydrogen) atoms. The van der Waals surface area contributed by atoms with Gasteiger partial charge in [-0.25, -0.2) is 0 Å². The maximum absolute atomic E-state index is 14.2. The molecule has 0 saturated carbocycles. The highest BCUT2D eigenvalue weighted by Gasteiger charge is 2.76. The molecule has 0 radical (unpaired) electrons. The first-order chi connectivity index (χ1) is 19.7. The number of hydrogen-bond donors (Lipinski definition) is 3. The van der Waals surface area contributed by atoms with Crippen molar-refractivity contribution in [1.82, 2.24) is 10.2 Å². The van der Waals surface area contributed by atoms with Gasteiger partial charge in [0.15, 0.2) is 0 Å². The number of hydrogen-bond acceptors (Lipinski definition) is 6. The number of carbonyl (C=O) groups is 3. The molecule has 3 heterocycles. The molecule has 6 atom stereocenters. The minimum Gasteiger partial charge on any atom is -0.494 e. The van der Waals surface area contributed by atoms with Gasteiger partial charge in [-0.3, -0.25) is 14.4 Å². The minimum absolute atomic E-state index is 0.0111. The lowest BCUT2D eigenvalue weighted by molar-refractivity contribution is -0.142. The Morgan fingerprint density at radius 2 is 1.76 bits per heavy atom. The smallest absolute Gasteiger partial charge is 0.246 e. The largest absolute Gasteiger partial charge is 0.494 e. The van der Waals surface area contributed by atoms with E-state index in [0.29, 0.717) is 43.9 Å². The number of ether oxygens (including phenoxy) is 2. The molecule has 1 spiro atoms. The highest BCUT2D eigenvalue weighted by molar-refractivity contribution is 9.09. The molecule has 234 valence electrons. The molecule has 0 aliphatic carbocycles. The standard InChI is InChI=1S/C32H48BrN3O6/c1-7-41-21-14-12-20(13-15-21)34-27(38)23-24-29(40)36(16-10-8-9-11-17-37)26(32(24)18-22(33)25(23)42-32)28(39)35-31(5,6)19-30(2,3)4/h12-15,22-26,37H,7-11,16-19H2,1-6H3,(H,34,38)(H,35,39)/t22?,23-,24-,25-,26?,32?/m0/s1. The summed E-state index contributed by atoms with van der Waals surface area (Å²) < 4.78 is 12.1. The van der Waals surface area contributed by atoms with Crippen LogP contribution in [0.1, 0.15) is 80.1 Å². The number of halogens is 1. The molecule has 3 saturated heterocycles. The van der Waals surface area contributed by atoms with Crippen LogP contribution in [-0.2, 0) is 19.1 Å². The van der Waals surface area contributed by atoms with E-state index >= 15 is 0 Å². The highest BCUT2D eigenvalue weighted by Crippen LogP contribution is 2.60. The third-order valence-corrected chi connectivity index (χ3v) is 9.36. The molecule has 1 aromatic rings. The second-order valence-corrected chi connectivity index (χ2v) is 15.1. The van der Waals surface area contributed by atoms with E-state index in [2.05, 4.69) is 47.3 Å². The Balaban J connectivity index is 1.61. The third kappa shape index (κ3) is 6.81. The maximum atomic E-state index is 14.2. The molecule has 3 fully saturated rings. The number of rotatable bonds is 13. The van der Waals surface area contributed by atoms with Gasteiger partial charge in [-0.2, -0.15) is 0 Å². The zero-order chi connectivity index (χ0) is 30.9. The van der Waals surface area contributed by atoms with Gasteiger partial charge in [-0.05, 0) is 76.1 Å². The molecular weight excluding hydrogens is 602 g/mol. The Morgan fingerprint density at radius 3 is 2.38 bits per heavy atom. The van der Waals surface area contributed by atoms with Crippen molar-refractivity contribution in [2.45, 2.75) is 108 Å². The number of aliphatic hydroxyl groups excluding tert-OH is 1. The summed E-state index contributed by atoms with van der Waals surface area (Å²) in [7, 11) is 0. The van der Waals surface area contributed by atoms with Crippen LogP contribution in [0.2, 0.25) is 0 Å². The van der Waals surface area contributed by atoms with Gasteiger partial charge in [0.2, 0.25) is 17.7 Å². The van der Waals surface area contributed by atoms with E-state index in [4.69, 9.17) is 14.6 Å². The van der Waals surface area contributed by atoms with Crippen molar-refractivity contribution >= 4 is 39.3 Å². The van der Waals surface area contributed by atoms with Crippen LogP contribution in [0.3, 0.4) is 0 Å². The van der Waals surface area contributed by atoms with Crippen LogP contribution in [0.15, 0.2) is 24.3 Å². The average Bonchev–Trinajstić information content (AvgIpc) is 3.47. The van der Waals surface area contributed by atoms with E-state index in [1.54, 1.807) is 29.2 Å². The summed E-state index contributed by atoms with van der Waals surface area (Å²) in [5, 5.41) is 15.4. The first kappa shape index (κ1) is 32.7. The molecule has 3 unspecified atom stereocenters. The van der Waals surface area contributed by atoms with Gasteiger partial charge in [0, 0.05) is 29.2 Å². The van der Waals surface area contributed by atoms with E-state index in [9.17, 15) is 14.4 Å². The quantitative estimate of drug-likeness (QED) is 0.211. The van der Waals surface area contributed by atoms with Crippen molar-refractivity contribution < 1.29 is 29.0 Å². The number of nitrogens with zero attached hydrogens (tertiary/aromatic N) is 1. The molecule has 3 amide bonds. The van der Waals surface area contributed by atoms with E-state index in [0.717, 1.165) is 19.3 Å². The molecule has 3 aliphatic rings. The number of alkyl halides is 1. The number of benzene rings is 1. The molecule has 10 heteroatoms. The van der Waals surface area contributed by atoms with Crippen LogP contribution in [0.5, 0.6) is 5.75 Å². The summed E-state index contributed by atoms with van der Waals surface area (Å²) >= 11 is 3.74. The monoisotopic (exact) mass is 649 g/mol. The Morgan fingerprint density at radius 1 is 1.10 bits per heavy atom. The van der Waals surface area contributed by atoms with Gasteiger partial charge in [0.25, 0.3) is 0 Å². The fourth-order valence-corrected chi connectivity index (χ4v) is 8.46. The second-order valence-electron chi connectivity index (χ2n) is 13.9. The SMILES string of the molecule is CCOc1ccc(NC(=O)[C@H]2[C@H]3C(=O)N(CCCCCCO)C(C(=O)NC(C)(C)CC(C)(C)C)C34CC(Br)[C@@H]2O4)cc1. The fourth-order valence-electron chi connectivity index (χ4n) is 7.52. The summed E-state index contributed by atoms with van der Waals surface area (Å²) in [5.41, 5.74) is -1.00. The topological polar surface area (TPSA) is 117 Å². The van der Waals surface area contributed by atoms with Gasteiger partial charge < -0.3 is 30.1 Å². The van der Waals surface area contributed by atoms with Gasteiger partial charge in [0.05, 0.1) is 24.5 Å². The molecule has 3 aliphatic heterocycles. The Hall–Kier alpha value is -2.17. The van der Waals surface area contributed by atoms with Crippen LogP contribution in [0.25, 0.3) is 0 Å². The lowest BCUT2D eigenvalue weighted by atomic mass is 9.70. The first-order valence-electron chi connectivity index (χ1n) is 15.3. The lowest BCUT2D eigenvalue weighted by Gasteiger charge is -2.38. The van der Waals surface area contributed by atoms with Crippen LogP contribution in [0.4, 0.5) is 5.69 Å². The third-order valence-electron chi connectivity index (χ3n) is 8.51. The number of likely N-dealkylation sites (tertiary alicyclic amines) is 1. The maximum Gasteiger partial charge on any atom is 0.246 e. The van der Waals surface area contributed by atoms with Gasteiger partial charge in [-0.1, -0.05) is 49.5 Å². The number of anilines is 1. The van der Waals surface area contributed by atoms with E-state index in [1.807, 2.05) is 20.8 Å². The molecule has 9 nitrogen and oxygen atoms in total. The summed E-state index contributed by atoms with van der Waals surface area (Å²) in [5.74, 6) is -1.49. The van der Waals surface area contributed by atoms with Crippen molar-refractivity contribution in [2.75, 3.05) is 25.1 Å². The van der Waals surface area contributed by atoms with Crippen LogP contribution in [-0.4, -0.2) is 75.6 Å². The summed E-state index contributed by atoms with van der Waals surface area (Å²) in [6, 6.07) is 6.32. The van der Waals surface area contributed by atoms with Gasteiger partial charge >= 0.3 is 0 Å². The molecule has 0 aromatic heterocycles. The summed E-state index contributed by atoms with van der Waals surface area (Å²) in [6.07, 6.45) is 3.78. The van der Waals surface area contributed by atoms with Crippen LogP contribution < -0.4 is 15.4 Å². The zero-order valence-electron chi connectivity index (χ0n) is 25.9. The average molecular weight is 651 g/mol. The normalized spacial score (nSPS) is 28.6. The minimum atomic E-state index is -1.09. The number of aliphatic hydroxyl groups is 1. The van der Waals surface area contributed by atoms with E-state index in [-0.39, 0.29) is 34.6 Å². The highest BCUT2D eigenvalue weighted by atomic mass is 79.9. The molecule has 4 rings (SSSR count).